The molecule has 2 aliphatic heterocycles. The Hall–Kier alpha value is -4.35. The van der Waals surface area contributed by atoms with Crippen LogP contribution in [0.25, 0.3) is 0 Å². The van der Waals surface area contributed by atoms with Crippen LogP contribution in [-0.2, 0) is 20.9 Å². The number of aromatic nitrogens is 2. The van der Waals surface area contributed by atoms with Crippen LogP contribution in [0.4, 0.5) is 58.1 Å². The lowest BCUT2D eigenvalue weighted by atomic mass is 9.71. The first kappa shape index (κ1) is 33.0. The van der Waals surface area contributed by atoms with Crippen molar-refractivity contribution in [1.29, 1.82) is 0 Å². The van der Waals surface area contributed by atoms with E-state index >= 15 is 0 Å². The lowest BCUT2D eigenvalue weighted by Crippen LogP contribution is -2.53. The Labute approximate surface area is 257 Å². The molecule has 4 aromatic rings. The summed E-state index contributed by atoms with van der Waals surface area (Å²) in [6.07, 6.45) is -6.13. The van der Waals surface area contributed by atoms with Crippen molar-refractivity contribution in [2.45, 2.75) is 23.2 Å². The molecule has 2 unspecified atom stereocenters. The van der Waals surface area contributed by atoms with Crippen molar-refractivity contribution in [3.05, 3.63) is 107 Å². The molecule has 0 saturated heterocycles. The van der Waals surface area contributed by atoms with Crippen molar-refractivity contribution in [2.24, 2.45) is 5.73 Å². The van der Waals surface area contributed by atoms with E-state index in [1.807, 2.05) is 4.72 Å². The number of nitrogens with one attached hydrogen (secondary N) is 3. The Morgan fingerprint density at radius 1 is 0.739 bits per heavy atom. The van der Waals surface area contributed by atoms with E-state index in [2.05, 4.69) is 20.6 Å². The maximum atomic E-state index is 14.2. The third-order valence-corrected chi connectivity index (χ3v) is 8.47. The number of nitrogens with two attached hydrogens (primary N) is 1. The fourth-order valence-corrected chi connectivity index (χ4v) is 6.16. The molecule has 0 amide bonds. The number of fused-ring (bicyclic) bond motifs is 4. The number of halogens is 8. The molecule has 0 fully saturated rings. The second-order valence-corrected chi connectivity index (χ2v) is 12.4. The summed E-state index contributed by atoms with van der Waals surface area (Å²) in [5.41, 5.74) is -0.580. The summed E-state index contributed by atoms with van der Waals surface area (Å²) in [4.78, 5) is 7.85. The molecule has 2 aromatic heterocycles. The van der Waals surface area contributed by atoms with Gasteiger partial charge >= 0.3 is 12.4 Å². The molecule has 5 N–H and O–H groups in total. The molecule has 244 valence electrons. The van der Waals surface area contributed by atoms with Crippen LogP contribution in [0.15, 0.2) is 73.1 Å². The number of pyridine rings is 2. The van der Waals surface area contributed by atoms with E-state index in [4.69, 9.17) is 5.73 Å². The van der Waals surface area contributed by atoms with E-state index in [9.17, 15) is 43.5 Å². The predicted molar refractivity (Wildman–Crippen MR) is 153 cm³/mol. The van der Waals surface area contributed by atoms with Gasteiger partial charge in [0.05, 0.1) is 6.26 Å². The average molecular weight is 673 g/mol. The zero-order chi connectivity index (χ0) is 33.7. The van der Waals surface area contributed by atoms with Crippen LogP contribution in [-0.4, -0.2) is 50.1 Å². The number of benzene rings is 2. The largest absolute Gasteiger partial charge is 0.403 e. The molecule has 17 heteroatoms. The molecule has 0 radical (unpaired) electrons. The van der Waals surface area contributed by atoms with Gasteiger partial charge in [0.25, 0.3) is 0 Å². The summed E-state index contributed by atoms with van der Waals surface area (Å²) in [6, 6.07) is 11.4. The van der Waals surface area contributed by atoms with Crippen molar-refractivity contribution in [3.8, 4) is 0 Å². The minimum Gasteiger partial charge on any atom is -0.340 e. The zero-order valence-electron chi connectivity index (χ0n) is 23.6. The van der Waals surface area contributed by atoms with Crippen molar-refractivity contribution in [3.63, 3.8) is 0 Å². The molecule has 0 saturated carbocycles. The molecular formula is C29H24F8N6O2S. The maximum absolute atomic E-state index is 14.2. The monoisotopic (exact) mass is 672 g/mol. The van der Waals surface area contributed by atoms with Crippen LogP contribution < -0.4 is 21.1 Å². The van der Waals surface area contributed by atoms with Gasteiger partial charge in [-0.15, -0.1) is 0 Å². The number of hydrogen-bond donors (Lipinski definition) is 4. The number of alkyl halides is 6. The van der Waals surface area contributed by atoms with Crippen LogP contribution in [0.5, 0.6) is 0 Å². The van der Waals surface area contributed by atoms with E-state index < -0.39 is 63.5 Å². The molecule has 0 bridgehead atoms. The number of sulfonamides is 1. The zero-order valence-corrected chi connectivity index (χ0v) is 24.4. The van der Waals surface area contributed by atoms with Crippen molar-refractivity contribution >= 4 is 33.0 Å². The van der Waals surface area contributed by atoms with Crippen molar-refractivity contribution < 1.29 is 43.5 Å². The Kier molecular flexibility index (Phi) is 8.23. The minimum absolute atomic E-state index is 0.0141. The van der Waals surface area contributed by atoms with Crippen LogP contribution in [0.2, 0.25) is 0 Å². The summed E-state index contributed by atoms with van der Waals surface area (Å²) in [6.45, 7) is -1.74. The Bertz CT molecular complexity index is 1900. The second kappa shape index (κ2) is 11.5. The van der Waals surface area contributed by atoms with Gasteiger partial charge < -0.3 is 16.4 Å². The molecule has 8 nitrogen and oxygen atoms in total. The van der Waals surface area contributed by atoms with E-state index in [1.54, 1.807) is 0 Å². The SMILES string of the molecule is CS(=O)(=O)NCC1(C(F)(F)F)c2cc(F)ccc2Nc2ncccc21.NCC1(C(F)(F)F)c2cc(F)ccc2Nc2ncccc21. The summed E-state index contributed by atoms with van der Waals surface area (Å²) >= 11 is 0. The lowest BCUT2D eigenvalue weighted by Gasteiger charge is -2.41. The highest BCUT2D eigenvalue weighted by Gasteiger charge is 2.61. The van der Waals surface area contributed by atoms with Crippen LogP contribution >= 0.6 is 0 Å². The van der Waals surface area contributed by atoms with Gasteiger partial charge in [-0.2, -0.15) is 26.3 Å². The van der Waals surface area contributed by atoms with Gasteiger partial charge in [-0.3, -0.25) is 0 Å². The van der Waals surface area contributed by atoms with Gasteiger partial charge in [0.2, 0.25) is 10.0 Å². The highest BCUT2D eigenvalue weighted by Crippen LogP contribution is 2.54. The first-order valence-electron chi connectivity index (χ1n) is 13.3. The van der Waals surface area contributed by atoms with E-state index in [0.717, 1.165) is 30.5 Å². The van der Waals surface area contributed by atoms with E-state index in [-0.39, 0.29) is 39.7 Å². The summed E-state index contributed by atoms with van der Waals surface area (Å²) in [5.74, 6) is -1.58. The van der Waals surface area contributed by atoms with Crippen molar-refractivity contribution in [1.82, 2.24) is 14.7 Å². The topological polar surface area (TPSA) is 122 Å². The molecule has 2 aliphatic rings. The molecule has 6 rings (SSSR count). The molecule has 4 heterocycles. The van der Waals surface area contributed by atoms with Gasteiger partial charge in [0.1, 0.15) is 34.1 Å². The quantitative estimate of drug-likeness (QED) is 0.204. The second-order valence-electron chi connectivity index (χ2n) is 10.5. The predicted octanol–water partition coefficient (Wildman–Crippen LogP) is 5.76. The number of rotatable bonds is 4. The van der Waals surface area contributed by atoms with E-state index in [1.165, 1.54) is 48.8 Å². The van der Waals surface area contributed by atoms with Gasteiger partial charge in [0.15, 0.2) is 0 Å². The summed E-state index contributed by atoms with van der Waals surface area (Å²) < 4.78 is 136. The molecule has 2 atom stereocenters. The first-order chi connectivity index (χ1) is 21.4. The summed E-state index contributed by atoms with van der Waals surface area (Å²) in [7, 11) is -3.92. The lowest BCUT2D eigenvalue weighted by molar-refractivity contribution is -0.176. The Morgan fingerprint density at radius 2 is 1.17 bits per heavy atom. The molecular weight excluding hydrogens is 648 g/mol. The van der Waals surface area contributed by atoms with Gasteiger partial charge in [-0.05, 0) is 59.7 Å². The van der Waals surface area contributed by atoms with Crippen LogP contribution in [0, 0.1) is 11.6 Å². The average Bonchev–Trinajstić information content (AvgIpc) is 2.97. The molecule has 2 aromatic carbocycles. The summed E-state index contributed by atoms with van der Waals surface area (Å²) in [5, 5.41) is 5.53. The minimum atomic E-state index is -4.91. The molecule has 0 spiro atoms. The van der Waals surface area contributed by atoms with E-state index in [0.29, 0.717) is 0 Å². The van der Waals surface area contributed by atoms with Crippen LogP contribution in [0.1, 0.15) is 22.3 Å². The highest BCUT2D eigenvalue weighted by atomic mass is 32.2. The van der Waals surface area contributed by atoms with Crippen molar-refractivity contribution in [2.75, 3.05) is 30.0 Å². The first-order valence-corrected chi connectivity index (χ1v) is 15.2. The molecule has 46 heavy (non-hydrogen) atoms. The van der Waals surface area contributed by atoms with Crippen LogP contribution in [0.3, 0.4) is 0 Å². The fraction of sp³-hybridized carbons (Fsp3) is 0.241. The number of anilines is 4. The Morgan fingerprint density at radius 3 is 1.59 bits per heavy atom. The highest BCUT2D eigenvalue weighted by molar-refractivity contribution is 7.88. The maximum Gasteiger partial charge on any atom is 0.403 e. The Balaban J connectivity index is 0.000000184. The van der Waals surface area contributed by atoms with Gasteiger partial charge in [-0.1, -0.05) is 12.1 Å². The number of hydrogen-bond acceptors (Lipinski definition) is 7. The third kappa shape index (κ3) is 5.51. The smallest absolute Gasteiger partial charge is 0.340 e. The van der Waals surface area contributed by atoms with Gasteiger partial charge in [-0.25, -0.2) is 31.9 Å². The normalized spacial score (nSPS) is 20.0. The fourth-order valence-electron chi connectivity index (χ4n) is 5.68. The third-order valence-electron chi connectivity index (χ3n) is 7.80. The van der Waals surface area contributed by atoms with Gasteiger partial charge in [0, 0.05) is 48.0 Å². The standard InChI is InChI=1S/C15H13F4N3O2S.C14H11F4N3/c1-25(23,24)21-8-14(15(17,18)19)10-3-2-6-20-13(10)22-12-5-4-9(16)7-11(12)14;15-8-3-4-11-10(6-8)13(7-19,14(16,17)18)9-2-1-5-20-12(9)21-11/h2-7,21H,8H2,1H3,(H,20,22);1-6H,7,19H2,(H,20,21). The molecule has 0 aliphatic carbocycles. The number of nitrogens with zero attached hydrogens (tertiary/aromatic N) is 2.